The van der Waals surface area contributed by atoms with Crippen molar-refractivity contribution in [2.24, 2.45) is 0 Å². The molecule has 0 aliphatic carbocycles. The third-order valence-corrected chi connectivity index (χ3v) is 6.57. The van der Waals surface area contributed by atoms with Crippen LogP contribution in [0.3, 0.4) is 0 Å². The van der Waals surface area contributed by atoms with Crippen LogP contribution in [0.1, 0.15) is 12.8 Å². The molecule has 140 valence electrons. The molecule has 1 aliphatic rings. The summed E-state index contributed by atoms with van der Waals surface area (Å²) in [7, 11) is 0.239. The van der Waals surface area contributed by atoms with Crippen molar-refractivity contribution in [3.63, 3.8) is 0 Å². The summed E-state index contributed by atoms with van der Waals surface area (Å²) in [5, 5.41) is 8.14. The Kier molecular flexibility index (Phi) is 5.79. The number of hydrogen-bond acceptors (Lipinski definition) is 6. The molecule has 1 aliphatic heterocycles. The fraction of sp³-hybridized carbons (Fsp3) is 0.412. The lowest BCUT2D eigenvalue weighted by atomic mass is 10.1. The zero-order valence-corrected chi connectivity index (χ0v) is 17.1. The number of halogens is 1. The van der Waals surface area contributed by atoms with Gasteiger partial charge in [0.1, 0.15) is 6.10 Å². The van der Waals surface area contributed by atoms with Crippen molar-refractivity contribution in [2.75, 3.05) is 32.1 Å². The van der Waals surface area contributed by atoms with Gasteiger partial charge in [-0.15, -0.1) is 10.2 Å². The highest BCUT2D eigenvalue weighted by Gasteiger charge is 2.31. The van der Waals surface area contributed by atoms with E-state index in [0.29, 0.717) is 19.0 Å². The first kappa shape index (κ1) is 19.1. The lowest BCUT2D eigenvalue weighted by molar-refractivity contribution is 0.123. The fourth-order valence-corrected chi connectivity index (χ4v) is 4.53. The van der Waals surface area contributed by atoms with Gasteiger partial charge in [0, 0.05) is 31.2 Å². The summed E-state index contributed by atoms with van der Waals surface area (Å²) in [5.41, 5.74) is 0. The van der Waals surface area contributed by atoms with Crippen molar-refractivity contribution in [2.45, 2.75) is 23.8 Å². The summed E-state index contributed by atoms with van der Waals surface area (Å²) in [6.07, 6.45) is 1.28. The van der Waals surface area contributed by atoms with Gasteiger partial charge >= 0.3 is 0 Å². The van der Waals surface area contributed by atoms with E-state index in [0.717, 1.165) is 23.1 Å². The Morgan fingerprint density at radius 2 is 1.88 bits per heavy atom. The number of piperidine rings is 1. The predicted octanol–water partition coefficient (Wildman–Crippen LogP) is 2.54. The summed E-state index contributed by atoms with van der Waals surface area (Å²) in [6.45, 7) is 0.791. The quantitative estimate of drug-likeness (QED) is 0.710. The third-order valence-electron chi connectivity index (χ3n) is 4.16. The first-order valence-corrected chi connectivity index (χ1v) is 10.5. The highest BCUT2D eigenvalue weighted by Crippen LogP contribution is 2.24. The van der Waals surface area contributed by atoms with Crippen LogP contribution < -0.4 is 9.64 Å². The predicted molar refractivity (Wildman–Crippen MR) is 103 cm³/mol. The van der Waals surface area contributed by atoms with Crippen molar-refractivity contribution in [1.29, 1.82) is 0 Å². The average molecular weight is 441 g/mol. The number of nitrogens with zero attached hydrogens (tertiary/aromatic N) is 4. The molecule has 0 N–H and O–H groups in total. The van der Waals surface area contributed by atoms with Crippen LogP contribution in [0.4, 0.5) is 5.82 Å². The number of ether oxygens (including phenoxy) is 1. The zero-order valence-electron chi connectivity index (χ0n) is 14.7. The van der Waals surface area contributed by atoms with Gasteiger partial charge in [-0.3, -0.25) is 0 Å². The third kappa shape index (κ3) is 4.33. The topological polar surface area (TPSA) is 75.6 Å². The molecule has 26 heavy (non-hydrogen) atoms. The molecule has 1 aromatic heterocycles. The Morgan fingerprint density at radius 3 is 2.50 bits per heavy atom. The van der Waals surface area contributed by atoms with Crippen molar-refractivity contribution >= 4 is 31.8 Å². The van der Waals surface area contributed by atoms with Crippen LogP contribution in [-0.2, 0) is 10.0 Å². The smallest absolute Gasteiger partial charge is 0.243 e. The highest BCUT2D eigenvalue weighted by molar-refractivity contribution is 9.10. The van der Waals surface area contributed by atoms with Crippen LogP contribution in [0.15, 0.2) is 45.8 Å². The maximum Gasteiger partial charge on any atom is 0.243 e. The summed E-state index contributed by atoms with van der Waals surface area (Å²) >= 11 is 3.32. The standard InChI is InChI=1S/C17H21BrN4O3S/c1-21(2)16-9-10-17(20-19-16)25-14-4-3-11-22(12-14)26(23,24)15-7-5-13(18)6-8-15/h5-10,14H,3-4,11-12H2,1-2H3. The van der Waals surface area contributed by atoms with E-state index in [1.165, 1.54) is 4.31 Å². The number of sulfonamides is 1. The second-order valence-corrected chi connectivity index (χ2v) is 9.18. The monoisotopic (exact) mass is 440 g/mol. The molecule has 0 bridgehead atoms. The molecular weight excluding hydrogens is 420 g/mol. The normalized spacial score (nSPS) is 18.5. The van der Waals surface area contributed by atoms with Crippen molar-refractivity contribution in [3.05, 3.63) is 40.9 Å². The number of rotatable bonds is 5. The van der Waals surface area contributed by atoms with Crippen molar-refractivity contribution < 1.29 is 13.2 Å². The summed E-state index contributed by atoms with van der Waals surface area (Å²) in [6, 6.07) is 10.2. The van der Waals surface area contributed by atoms with Gasteiger partial charge in [-0.25, -0.2) is 8.42 Å². The number of hydrogen-bond donors (Lipinski definition) is 0. The molecule has 1 saturated heterocycles. The van der Waals surface area contributed by atoms with E-state index in [9.17, 15) is 8.42 Å². The first-order valence-electron chi connectivity index (χ1n) is 8.30. The molecule has 1 aromatic carbocycles. The molecule has 2 aromatic rings. The molecule has 1 atom stereocenters. The number of anilines is 1. The molecule has 0 spiro atoms. The van der Waals surface area contributed by atoms with E-state index in [-0.39, 0.29) is 11.0 Å². The van der Waals surface area contributed by atoms with E-state index in [4.69, 9.17) is 4.74 Å². The SMILES string of the molecule is CN(C)c1ccc(OC2CCCN(S(=O)(=O)c3ccc(Br)cc3)C2)nn1. The van der Waals surface area contributed by atoms with Gasteiger partial charge in [0.2, 0.25) is 15.9 Å². The number of aromatic nitrogens is 2. The minimum Gasteiger partial charge on any atom is -0.472 e. The summed E-state index contributed by atoms with van der Waals surface area (Å²) < 4.78 is 33.9. The zero-order chi connectivity index (χ0) is 18.7. The fourth-order valence-electron chi connectivity index (χ4n) is 2.76. The van der Waals surface area contributed by atoms with Gasteiger partial charge in [0.25, 0.3) is 0 Å². The van der Waals surface area contributed by atoms with Gasteiger partial charge in [0.05, 0.1) is 11.4 Å². The molecule has 1 fully saturated rings. The largest absolute Gasteiger partial charge is 0.472 e. The second kappa shape index (κ2) is 7.89. The minimum atomic E-state index is -3.53. The van der Waals surface area contributed by atoms with Gasteiger partial charge in [-0.2, -0.15) is 4.31 Å². The molecule has 3 rings (SSSR count). The van der Waals surface area contributed by atoms with Gasteiger partial charge in [-0.05, 0) is 43.2 Å². The van der Waals surface area contributed by atoms with Gasteiger partial charge in [-0.1, -0.05) is 15.9 Å². The molecule has 0 saturated carbocycles. The van der Waals surface area contributed by atoms with Crippen LogP contribution in [-0.4, -0.2) is 56.2 Å². The molecule has 9 heteroatoms. The minimum absolute atomic E-state index is 0.242. The first-order chi connectivity index (χ1) is 12.4. The lowest BCUT2D eigenvalue weighted by Gasteiger charge is -2.31. The van der Waals surface area contributed by atoms with Crippen molar-refractivity contribution in [1.82, 2.24) is 14.5 Å². The molecule has 1 unspecified atom stereocenters. The summed E-state index contributed by atoms with van der Waals surface area (Å²) in [4.78, 5) is 2.14. The second-order valence-electron chi connectivity index (χ2n) is 6.32. The molecule has 0 radical (unpaired) electrons. The Bertz CT molecular complexity index is 841. The van der Waals surface area contributed by atoms with Crippen LogP contribution in [0, 0.1) is 0 Å². The Morgan fingerprint density at radius 1 is 1.15 bits per heavy atom. The number of benzene rings is 1. The molecule has 2 heterocycles. The Balaban J connectivity index is 1.69. The van der Waals surface area contributed by atoms with Crippen LogP contribution in [0.5, 0.6) is 5.88 Å². The molecule has 7 nitrogen and oxygen atoms in total. The van der Waals surface area contributed by atoms with Gasteiger partial charge in [0.15, 0.2) is 5.82 Å². The van der Waals surface area contributed by atoms with Crippen LogP contribution in [0.2, 0.25) is 0 Å². The van der Waals surface area contributed by atoms with E-state index >= 15 is 0 Å². The molecule has 0 amide bonds. The molecular formula is C17H21BrN4O3S. The van der Waals surface area contributed by atoms with E-state index in [1.807, 2.05) is 25.1 Å². The van der Waals surface area contributed by atoms with Gasteiger partial charge < -0.3 is 9.64 Å². The highest BCUT2D eigenvalue weighted by atomic mass is 79.9. The average Bonchev–Trinajstić information content (AvgIpc) is 2.63. The maximum atomic E-state index is 12.8. The van der Waals surface area contributed by atoms with Crippen LogP contribution in [0.25, 0.3) is 0 Å². The van der Waals surface area contributed by atoms with Crippen LogP contribution >= 0.6 is 15.9 Å². The van der Waals surface area contributed by atoms with E-state index in [1.54, 1.807) is 30.3 Å². The van der Waals surface area contributed by atoms with E-state index in [2.05, 4.69) is 26.1 Å². The maximum absolute atomic E-state index is 12.8. The summed E-state index contributed by atoms with van der Waals surface area (Å²) in [5.74, 6) is 1.14. The Labute approximate surface area is 162 Å². The Hall–Kier alpha value is -1.71. The van der Waals surface area contributed by atoms with Crippen molar-refractivity contribution in [3.8, 4) is 5.88 Å². The lowest BCUT2D eigenvalue weighted by Crippen LogP contribution is -2.44. The van der Waals surface area contributed by atoms with E-state index < -0.39 is 10.0 Å².